The number of amides is 3. The molecule has 176 valence electrons. The Morgan fingerprint density at radius 3 is 2.44 bits per heavy atom. The second-order valence-electron chi connectivity index (χ2n) is 8.68. The van der Waals surface area contributed by atoms with Crippen molar-refractivity contribution in [1.82, 2.24) is 10.2 Å². The molecule has 0 spiro atoms. The molecule has 7 heteroatoms. The monoisotopic (exact) mass is 477 g/mol. The highest BCUT2D eigenvalue weighted by molar-refractivity contribution is 6.31. The first-order valence-electron chi connectivity index (χ1n) is 11.5. The molecule has 1 heterocycles. The molecule has 0 saturated heterocycles. The Kier molecular flexibility index (Phi) is 6.89. The van der Waals surface area contributed by atoms with Crippen LogP contribution in [-0.4, -0.2) is 41.2 Å². The van der Waals surface area contributed by atoms with E-state index in [4.69, 9.17) is 11.6 Å². The van der Waals surface area contributed by atoms with Gasteiger partial charge in [0.1, 0.15) is 12.6 Å². The van der Waals surface area contributed by atoms with Gasteiger partial charge < -0.3 is 10.2 Å². The molecule has 6 nitrogen and oxygen atoms in total. The fourth-order valence-electron chi connectivity index (χ4n) is 4.22. The average Bonchev–Trinajstić information content (AvgIpc) is 3.11. The maximum atomic E-state index is 13.6. The summed E-state index contributed by atoms with van der Waals surface area (Å²) in [4.78, 5) is 42.8. The highest BCUT2D eigenvalue weighted by atomic mass is 35.5. The average molecular weight is 478 g/mol. The Bertz CT molecular complexity index is 1250. The Hall–Kier alpha value is -3.38. The van der Waals surface area contributed by atoms with Crippen molar-refractivity contribution in [2.45, 2.75) is 45.8 Å². The van der Waals surface area contributed by atoms with Crippen LogP contribution in [0.2, 0.25) is 5.02 Å². The van der Waals surface area contributed by atoms with Crippen molar-refractivity contribution in [3.05, 3.63) is 76.8 Å². The number of hydrogen-bond acceptors (Lipinski definition) is 3. The smallest absolute Gasteiger partial charge is 0.259 e. The lowest BCUT2D eigenvalue weighted by Gasteiger charge is -2.31. The largest absolute Gasteiger partial charge is 0.352 e. The Balaban J connectivity index is 1.63. The lowest BCUT2D eigenvalue weighted by atomic mass is 10.1. The molecule has 0 aliphatic carbocycles. The number of carbonyl (C=O) groups is 3. The summed E-state index contributed by atoms with van der Waals surface area (Å²) in [5.41, 5.74) is 2.03. The molecule has 0 saturated carbocycles. The molecule has 3 amide bonds. The second-order valence-corrected chi connectivity index (χ2v) is 9.09. The Morgan fingerprint density at radius 1 is 1.03 bits per heavy atom. The lowest BCUT2D eigenvalue weighted by Crippen LogP contribution is -2.52. The number of benzene rings is 3. The minimum Gasteiger partial charge on any atom is -0.352 e. The minimum atomic E-state index is -0.742. The summed E-state index contributed by atoms with van der Waals surface area (Å²) in [7, 11) is 0. The molecular weight excluding hydrogens is 450 g/mol. The standard InChI is InChI=1S/C27H28ClN3O3/c1-4-17(2)29-26(33)18(3)30(15-20-9-5-6-13-22(20)28)24(32)16-31-23-14-8-11-19-10-7-12-21(25(19)23)27(31)34/h5-14,17-18H,4,15-16H2,1-3H3,(H,29,33)/t17-,18+/m1/s1. The molecule has 0 radical (unpaired) electrons. The van der Waals surface area contributed by atoms with Gasteiger partial charge in [-0.05, 0) is 49.4 Å². The van der Waals surface area contributed by atoms with Crippen LogP contribution in [0.3, 0.4) is 0 Å². The molecule has 1 aliphatic rings. The number of halogens is 1. The van der Waals surface area contributed by atoms with E-state index in [1.807, 2.05) is 62.4 Å². The quantitative estimate of drug-likeness (QED) is 0.507. The number of hydrogen-bond donors (Lipinski definition) is 1. The van der Waals surface area contributed by atoms with Crippen molar-refractivity contribution >= 4 is 45.8 Å². The molecule has 0 aromatic heterocycles. The first-order valence-corrected chi connectivity index (χ1v) is 11.9. The predicted octanol–water partition coefficient (Wildman–Crippen LogP) is 4.79. The Morgan fingerprint density at radius 2 is 1.74 bits per heavy atom. The molecule has 2 atom stereocenters. The van der Waals surface area contributed by atoms with Gasteiger partial charge in [-0.2, -0.15) is 0 Å². The van der Waals surface area contributed by atoms with Gasteiger partial charge in [-0.3, -0.25) is 19.3 Å². The van der Waals surface area contributed by atoms with Crippen molar-refractivity contribution in [3.63, 3.8) is 0 Å². The van der Waals surface area contributed by atoms with Crippen LogP contribution in [-0.2, 0) is 16.1 Å². The van der Waals surface area contributed by atoms with Gasteiger partial charge in [0.05, 0.1) is 5.69 Å². The molecule has 0 bridgehead atoms. The normalized spacial score (nSPS) is 14.2. The van der Waals surface area contributed by atoms with Crippen molar-refractivity contribution < 1.29 is 14.4 Å². The van der Waals surface area contributed by atoms with Crippen LogP contribution < -0.4 is 10.2 Å². The maximum absolute atomic E-state index is 13.6. The lowest BCUT2D eigenvalue weighted by molar-refractivity contribution is -0.139. The summed E-state index contributed by atoms with van der Waals surface area (Å²) in [6.07, 6.45) is 0.779. The van der Waals surface area contributed by atoms with Gasteiger partial charge >= 0.3 is 0 Å². The van der Waals surface area contributed by atoms with E-state index in [1.165, 1.54) is 9.80 Å². The zero-order chi connectivity index (χ0) is 24.4. The number of nitrogens with zero attached hydrogens (tertiary/aromatic N) is 2. The van der Waals surface area contributed by atoms with E-state index >= 15 is 0 Å². The molecule has 0 fully saturated rings. The SMILES string of the molecule is CC[C@@H](C)NC(=O)[C@H](C)N(Cc1ccccc1Cl)C(=O)CN1C(=O)c2cccc3cccc1c23. The van der Waals surface area contributed by atoms with Crippen LogP contribution in [0, 0.1) is 0 Å². The highest BCUT2D eigenvalue weighted by Gasteiger charge is 2.34. The van der Waals surface area contributed by atoms with Gasteiger partial charge in [-0.25, -0.2) is 0 Å². The zero-order valence-corrected chi connectivity index (χ0v) is 20.3. The number of nitrogens with one attached hydrogen (secondary N) is 1. The van der Waals surface area contributed by atoms with Crippen LogP contribution in [0.5, 0.6) is 0 Å². The summed E-state index contributed by atoms with van der Waals surface area (Å²) < 4.78 is 0. The van der Waals surface area contributed by atoms with Crippen molar-refractivity contribution in [3.8, 4) is 0 Å². The van der Waals surface area contributed by atoms with Crippen LogP contribution in [0.15, 0.2) is 60.7 Å². The molecule has 34 heavy (non-hydrogen) atoms. The number of carbonyl (C=O) groups excluding carboxylic acids is 3. The summed E-state index contributed by atoms with van der Waals surface area (Å²) in [6, 6.07) is 17.7. The van der Waals surface area contributed by atoms with E-state index in [2.05, 4.69) is 5.32 Å². The van der Waals surface area contributed by atoms with Gasteiger partial charge in [0.2, 0.25) is 11.8 Å². The summed E-state index contributed by atoms with van der Waals surface area (Å²) >= 11 is 6.37. The first-order chi connectivity index (χ1) is 16.3. The van der Waals surface area contributed by atoms with Gasteiger partial charge in [-0.15, -0.1) is 0 Å². The van der Waals surface area contributed by atoms with E-state index in [-0.39, 0.29) is 36.9 Å². The molecule has 3 aromatic rings. The molecule has 4 rings (SSSR count). The first kappa shape index (κ1) is 23.8. The fraction of sp³-hybridized carbons (Fsp3) is 0.296. The third kappa shape index (κ3) is 4.50. The topological polar surface area (TPSA) is 69.7 Å². The van der Waals surface area contributed by atoms with Crippen LogP contribution in [0.25, 0.3) is 10.8 Å². The summed E-state index contributed by atoms with van der Waals surface area (Å²) in [5.74, 6) is -0.785. The molecule has 0 unspecified atom stereocenters. The van der Waals surface area contributed by atoms with Gasteiger partial charge in [0, 0.05) is 28.6 Å². The van der Waals surface area contributed by atoms with Crippen molar-refractivity contribution in [2.75, 3.05) is 11.4 Å². The van der Waals surface area contributed by atoms with Gasteiger partial charge in [0.15, 0.2) is 0 Å². The minimum absolute atomic E-state index is 0.0144. The van der Waals surface area contributed by atoms with E-state index in [1.54, 1.807) is 19.1 Å². The van der Waals surface area contributed by atoms with Crippen molar-refractivity contribution in [1.29, 1.82) is 0 Å². The summed E-state index contributed by atoms with van der Waals surface area (Å²) in [6.45, 7) is 5.60. The number of rotatable bonds is 8. The van der Waals surface area contributed by atoms with Crippen LogP contribution in [0.4, 0.5) is 5.69 Å². The van der Waals surface area contributed by atoms with E-state index in [0.29, 0.717) is 16.3 Å². The molecular formula is C27H28ClN3O3. The van der Waals surface area contributed by atoms with Crippen molar-refractivity contribution in [2.24, 2.45) is 0 Å². The van der Waals surface area contributed by atoms with Crippen LogP contribution in [0.1, 0.15) is 43.1 Å². The number of anilines is 1. The van der Waals surface area contributed by atoms with E-state index in [9.17, 15) is 14.4 Å². The van der Waals surface area contributed by atoms with Gasteiger partial charge in [-0.1, -0.05) is 61.0 Å². The van der Waals surface area contributed by atoms with E-state index < -0.39 is 6.04 Å². The molecule has 3 aromatic carbocycles. The molecule has 1 aliphatic heterocycles. The van der Waals surface area contributed by atoms with Crippen LogP contribution >= 0.6 is 11.6 Å². The fourth-order valence-corrected chi connectivity index (χ4v) is 4.42. The zero-order valence-electron chi connectivity index (χ0n) is 19.5. The third-order valence-corrected chi connectivity index (χ3v) is 6.78. The molecule has 1 N–H and O–H groups in total. The Labute approximate surface area is 204 Å². The maximum Gasteiger partial charge on any atom is 0.259 e. The van der Waals surface area contributed by atoms with Gasteiger partial charge in [0.25, 0.3) is 5.91 Å². The van der Waals surface area contributed by atoms with E-state index in [0.717, 1.165) is 22.8 Å². The predicted molar refractivity (Wildman–Crippen MR) is 135 cm³/mol. The summed E-state index contributed by atoms with van der Waals surface area (Å²) in [5, 5.41) is 5.27. The highest BCUT2D eigenvalue weighted by Crippen LogP contribution is 2.37. The third-order valence-electron chi connectivity index (χ3n) is 6.41. The second kappa shape index (κ2) is 9.85.